The minimum atomic E-state index is -2.00. The van der Waals surface area contributed by atoms with E-state index in [9.17, 15) is 34.4 Å². The van der Waals surface area contributed by atoms with E-state index in [1.807, 2.05) is 0 Å². The van der Waals surface area contributed by atoms with E-state index >= 15 is 0 Å². The molecule has 0 bridgehead atoms. The number of hydrogen-bond donors (Lipinski definition) is 1. The molecule has 1 N–H and O–H groups in total. The summed E-state index contributed by atoms with van der Waals surface area (Å²) in [5.74, 6) is -6.12. The summed E-state index contributed by atoms with van der Waals surface area (Å²) in [6, 6.07) is 12.5. The molecule has 2 aromatic carbocycles. The van der Waals surface area contributed by atoms with Gasteiger partial charge >= 0.3 is 5.97 Å². The third-order valence-corrected chi connectivity index (χ3v) is 7.11. The maximum atomic E-state index is 13.7. The molecular formula is C24H21N3O7. The molecule has 1 saturated carbocycles. The molecule has 10 heteroatoms. The van der Waals surface area contributed by atoms with Crippen LogP contribution in [0.5, 0.6) is 0 Å². The molecule has 2 heterocycles. The molecule has 4 unspecified atom stereocenters. The molecule has 34 heavy (non-hydrogen) atoms. The zero-order valence-electron chi connectivity index (χ0n) is 18.2. The lowest BCUT2D eigenvalue weighted by Gasteiger charge is -2.38. The fraction of sp³-hybridized carbons (Fsp3) is 0.333. The molecule has 2 saturated heterocycles. The van der Waals surface area contributed by atoms with Gasteiger partial charge in [0.2, 0.25) is 17.7 Å². The molecule has 3 amide bonds. The highest BCUT2D eigenvalue weighted by Crippen LogP contribution is 2.57. The van der Waals surface area contributed by atoms with Crippen LogP contribution in [0.4, 0.5) is 11.4 Å². The summed E-state index contributed by atoms with van der Waals surface area (Å²) in [7, 11) is 0. The molecule has 1 aliphatic carbocycles. The molecule has 3 fully saturated rings. The predicted molar refractivity (Wildman–Crippen MR) is 117 cm³/mol. The number of anilines is 1. The lowest BCUT2D eigenvalue weighted by atomic mass is 9.80. The monoisotopic (exact) mass is 463 g/mol. The first-order valence-electron chi connectivity index (χ1n) is 10.9. The highest BCUT2D eigenvalue weighted by atomic mass is 16.6. The molecule has 0 radical (unpaired) electrons. The number of carbonyl (C=O) groups is 4. The number of imide groups is 1. The predicted octanol–water partition coefficient (Wildman–Crippen LogP) is 2.54. The Hall–Kier alpha value is -4.08. The number of rotatable bonds is 5. The average molecular weight is 463 g/mol. The van der Waals surface area contributed by atoms with Crippen molar-refractivity contribution in [2.75, 3.05) is 4.90 Å². The van der Waals surface area contributed by atoms with Gasteiger partial charge in [0.15, 0.2) is 5.54 Å². The smallest absolute Gasteiger partial charge is 0.330 e. The van der Waals surface area contributed by atoms with Gasteiger partial charge in [0.25, 0.3) is 5.69 Å². The Morgan fingerprint density at radius 2 is 1.74 bits per heavy atom. The number of para-hydroxylation sites is 1. The van der Waals surface area contributed by atoms with Gasteiger partial charge in [-0.25, -0.2) is 9.69 Å². The van der Waals surface area contributed by atoms with Crippen LogP contribution in [0, 0.1) is 27.9 Å². The first-order valence-corrected chi connectivity index (χ1v) is 10.9. The van der Waals surface area contributed by atoms with Crippen LogP contribution in [0.15, 0.2) is 54.6 Å². The van der Waals surface area contributed by atoms with E-state index in [1.54, 1.807) is 30.3 Å². The molecule has 10 nitrogen and oxygen atoms in total. The number of nitro benzene ring substituents is 1. The van der Waals surface area contributed by atoms with Gasteiger partial charge in [-0.2, -0.15) is 0 Å². The summed E-state index contributed by atoms with van der Waals surface area (Å²) in [5.41, 5.74) is -1.71. The number of carbonyl (C=O) groups excluding carboxylic acids is 3. The number of benzene rings is 2. The molecule has 2 aromatic rings. The van der Waals surface area contributed by atoms with Crippen molar-refractivity contribution < 1.29 is 29.2 Å². The Balaban J connectivity index is 1.72. The molecule has 2 aliphatic heterocycles. The summed E-state index contributed by atoms with van der Waals surface area (Å²) < 4.78 is 0. The summed E-state index contributed by atoms with van der Waals surface area (Å²) in [6.07, 6.45) is 1.17. The number of carboxylic acids is 1. The quantitative estimate of drug-likeness (QED) is 0.408. The maximum absolute atomic E-state index is 13.7. The van der Waals surface area contributed by atoms with Crippen LogP contribution in [-0.2, 0) is 19.2 Å². The van der Waals surface area contributed by atoms with Gasteiger partial charge in [-0.3, -0.25) is 24.5 Å². The van der Waals surface area contributed by atoms with E-state index in [-0.39, 0.29) is 11.3 Å². The molecule has 5 rings (SSSR count). The topological polar surface area (TPSA) is 138 Å². The molecule has 0 aromatic heterocycles. The fourth-order valence-electron chi connectivity index (χ4n) is 5.34. The first kappa shape index (κ1) is 21.7. The van der Waals surface area contributed by atoms with Gasteiger partial charge in [-0.05, 0) is 37.5 Å². The van der Waals surface area contributed by atoms with Gasteiger partial charge in [0.05, 0.1) is 28.5 Å². The molecule has 174 valence electrons. The van der Waals surface area contributed by atoms with E-state index in [2.05, 4.69) is 0 Å². The second kappa shape index (κ2) is 7.47. The number of amides is 3. The third-order valence-electron chi connectivity index (χ3n) is 7.11. The van der Waals surface area contributed by atoms with Gasteiger partial charge in [-0.15, -0.1) is 0 Å². The number of non-ortho nitro benzene ring substituents is 1. The van der Waals surface area contributed by atoms with Crippen molar-refractivity contribution >= 4 is 35.1 Å². The Morgan fingerprint density at radius 3 is 2.32 bits per heavy atom. The van der Waals surface area contributed by atoms with Crippen LogP contribution >= 0.6 is 0 Å². The minimum Gasteiger partial charge on any atom is -0.479 e. The Kier molecular flexibility index (Phi) is 4.78. The maximum Gasteiger partial charge on any atom is 0.330 e. The van der Waals surface area contributed by atoms with Crippen molar-refractivity contribution in [3.05, 3.63) is 70.3 Å². The van der Waals surface area contributed by atoms with Crippen LogP contribution in [-0.4, -0.2) is 44.2 Å². The number of fused-ring (bicyclic) bond motifs is 1. The Bertz CT molecular complexity index is 1240. The summed E-state index contributed by atoms with van der Waals surface area (Å²) in [4.78, 5) is 66.4. The van der Waals surface area contributed by atoms with Crippen molar-refractivity contribution in [3.63, 3.8) is 0 Å². The molecule has 4 atom stereocenters. The van der Waals surface area contributed by atoms with Crippen LogP contribution < -0.4 is 4.90 Å². The SMILES string of the molecule is CC1(C(=O)O)C2C(=O)N(c3ccccc3)C(=O)C2C(c2cccc([N+](=O)[O-])c2)N1C(=O)C1CC1. The standard InChI is InChI=1S/C24H21N3O7/c1-24(23(31)32)18-17(21(29)25(22(18)30)15-7-3-2-4-8-15)19(26(24)20(28)13-10-11-13)14-6-5-9-16(12-14)27(33)34/h2-9,12-13,17-19H,10-11H2,1H3,(H,31,32). The van der Waals surface area contributed by atoms with Crippen molar-refractivity contribution in [2.24, 2.45) is 17.8 Å². The summed E-state index contributed by atoms with van der Waals surface area (Å²) in [6.45, 7) is 1.30. The van der Waals surface area contributed by atoms with Crippen LogP contribution in [0.3, 0.4) is 0 Å². The lowest BCUT2D eigenvalue weighted by Crippen LogP contribution is -2.57. The number of nitro groups is 1. The van der Waals surface area contributed by atoms with Crippen molar-refractivity contribution in [1.82, 2.24) is 4.90 Å². The Morgan fingerprint density at radius 1 is 1.06 bits per heavy atom. The van der Waals surface area contributed by atoms with Crippen LogP contribution in [0.2, 0.25) is 0 Å². The first-order chi connectivity index (χ1) is 16.2. The summed E-state index contributed by atoms with van der Waals surface area (Å²) >= 11 is 0. The number of likely N-dealkylation sites (tertiary alicyclic amines) is 1. The van der Waals surface area contributed by atoms with Crippen molar-refractivity contribution in [2.45, 2.75) is 31.3 Å². The number of hydrogen-bond acceptors (Lipinski definition) is 6. The van der Waals surface area contributed by atoms with Crippen LogP contribution in [0.25, 0.3) is 0 Å². The van der Waals surface area contributed by atoms with E-state index in [0.29, 0.717) is 18.5 Å². The zero-order valence-corrected chi connectivity index (χ0v) is 18.2. The fourth-order valence-corrected chi connectivity index (χ4v) is 5.34. The third kappa shape index (κ3) is 2.94. The van der Waals surface area contributed by atoms with E-state index in [0.717, 1.165) is 9.80 Å². The summed E-state index contributed by atoms with van der Waals surface area (Å²) in [5, 5.41) is 21.7. The molecule has 0 spiro atoms. The van der Waals surface area contributed by atoms with E-state index in [4.69, 9.17) is 0 Å². The number of aliphatic carboxylic acids is 1. The highest BCUT2D eigenvalue weighted by Gasteiger charge is 2.72. The largest absolute Gasteiger partial charge is 0.479 e. The van der Waals surface area contributed by atoms with Gasteiger partial charge in [-0.1, -0.05) is 30.3 Å². The molecular weight excluding hydrogens is 442 g/mol. The number of carboxylic acid groups (broad SMARTS) is 1. The normalized spacial score (nSPS) is 28.2. The second-order valence-corrected chi connectivity index (χ2v) is 9.08. The second-order valence-electron chi connectivity index (χ2n) is 9.08. The van der Waals surface area contributed by atoms with Crippen molar-refractivity contribution in [3.8, 4) is 0 Å². The molecule has 3 aliphatic rings. The minimum absolute atomic E-state index is 0.249. The zero-order chi connectivity index (χ0) is 24.4. The van der Waals surface area contributed by atoms with Gasteiger partial charge < -0.3 is 10.0 Å². The van der Waals surface area contributed by atoms with Gasteiger partial charge in [0.1, 0.15) is 0 Å². The lowest BCUT2D eigenvalue weighted by molar-refractivity contribution is -0.385. The number of nitrogens with zero attached hydrogens (tertiary/aromatic N) is 3. The highest BCUT2D eigenvalue weighted by molar-refractivity contribution is 6.24. The van der Waals surface area contributed by atoms with Crippen molar-refractivity contribution in [1.29, 1.82) is 0 Å². The van der Waals surface area contributed by atoms with E-state index < -0.39 is 57.9 Å². The van der Waals surface area contributed by atoms with Crippen LogP contribution in [0.1, 0.15) is 31.4 Å². The van der Waals surface area contributed by atoms with E-state index in [1.165, 1.54) is 31.2 Å². The Labute approximate surface area is 193 Å². The van der Waals surface area contributed by atoms with Gasteiger partial charge in [0, 0.05) is 18.1 Å². The average Bonchev–Trinajstić information content (AvgIpc) is 3.58.